The minimum absolute atomic E-state index is 0.0824. The van der Waals surface area contributed by atoms with Crippen molar-refractivity contribution in [2.75, 3.05) is 19.7 Å². The van der Waals surface area contributed by atoms with Crippen molar-refractivity contribution in [2.45, 2.75) is 62.9 Å². The number of benzene rings is 1. The molecule has 2 aliphatic heterocycles. The fourth-order valence-corrected chi connectivity index (χ4v) is 5.45. The molecular weight excluding hydrogens is 406 g/mol. The van der Waals surface area contributed by atoms with E-state index in [1.165, 1.54) is 19.3 Å². The first-order chi connectivity index (χ1) is 15.7. The number of likely N-dealkylation sites (tertiary alicyclic amines) is 1. The highest BCUT2D eigenvalue weighted by Gasteiger charge is 2.41. The molecule has 4 heterocycles. The summed E-state index contributed by atoms with van der Waals surface area (Å²) in [5.41, 5.74) is 2.35. The summed E-state index contributed by atoms with van der Waals surface area (Å²) in [6.45, 7) is 2.21. The predicted octanol–water partition coefficient (Wildman–Crippen LogP) is 3.86. The fourth-order valence-electron chi connectivity index (χ4n) is 5.45. The number of fused-ring (bicyclic) bond motifs is 1. The van der Waals surface area contributed by atoms with E-state index >= 15 is 0 Å². The predicted molar refractivity (Wildman–Crippen MR) is 117 cm³/mol. The Morgan fingerprint density at radius 1 is 1.22 bits per heavy atom. The first-order valence-electron chi connectivity index (χ1n) is 11.9. The number of rotatable bonds is 4. The van der Waals surface area contributed by atoms with Crippen molar-refractivity contribution in [3.05, 3.63) is 41.8 Å². The highest BCUT2D eigenvalue weighted by molar-refractivity contribution is 5.97. The molecule has 1 atom stereocenters. The van der Waals surface area contributed by atoms with Crippen LogP contribution in [0.5, 0.6) is 0 Å². The lowest BCUT2D eigenvalue weighted by Gasteiger charge is -2.46. The molecule has 8 nitrogen and oxygen atoms in total. The van der Waals surface area contributed by atoms with Gasteiger partial charge in [0.25, 0.3) is 5.91 Å². The van der Waals surface area contributed by atoms with Gasteiger partial charge in [-0.05, 0) is 62.6 Å². The van der Waals surface area contributed by atoms with Gasteiger partial charge >= 0.3 is 0 Å². The van der Waals surface area contributed by atoms with Crippen LogP contribution in [-0.4, -0.2) is 56.2 Å². The zero-order valence-electron chi connectivity index (χ0n) is 18.3. The Morgan fingerprint density at radius 2 is 2.09 bits per heavy atom. The smallest absolute Gasteiger partial charge is 0.253 e. The number of amides is 1. The van der Waals surface area contributed by atoms with Gasteiger partial charge < -0.3 is 19.1 Å². The summed E-state index contributed by atoms with van der Waals surface area (Å²) >= 11 is 0. The second-order valence-electron chi connectivity index (χ2n) is 9.70. The lowest BCUT2D eigenvalue weighted by molar-refractivity contribution is -0.123. The second-order valence-corrected chi connectivity index (χ2v) is 9.70. The highest BCUT2D eigenvalue weighted by Crippen LogP contribution is 2.39. The van der Waals surface area contributed by atoms with Crippen molar-refractivity contribution in [1.29, 1.82) is 0 Å². The molecule has 6 rings (SSSR count). The van der Waals surface area contributed by atoms with E-state index < -0.39 is 0 Å². The van der Waals surface area contributed by atoms with E-state index in [4.69, 9.17) is 9.26 Å². The van der Waals surface area contributed by atoms with Crippen LogP contribution in [0, 0.1) is 5.92 Å². The van der Waals surface area contributed by atoms with Crippen LogP contribution in [0.4, 0.5) is 0 Å². The van der Waals surface area contributed by atoms with Gasteiger partial charge in [-0.2, -0.15) is 4.98 Å². The van der Waals surface area contributed by atoms with Crippen LogP contribution in [0.2, 0.25) is 0 Å². The number of hydrogen-bond donors (Lipinski definition) is 1. The average molecular weight is 436 g/mol. The lowest BCUT2D eigenvalue weighted by atomic mass is 9.78. The van der Waals surface area contributed by atoms with Crippen LogP contribution in [0.15, 0.2) is 29.0 Å². The molecule has 168 valence electrons. The zero-order chi connectivity index (χ0) is 21.5. The molecule has 1 saturated carbocycles. The highest BCUT2D eigenvalue weighted by atomic mass is 16.5. The summed E-state index contributed by atoms with van der Waals surface area (Å²) in [6, 6.07) is 5.66. The molecule has 2 saturated heterocycles. The standard InChI is InChI=1S/C24H29N5O3/c30-23(18-4-5-19-20(13-18)26-15-25-19)29-9-7-24(8-10-29)14-16(6-11-31-24)12-21-27-22(32-28-21)17-2-1-3-17/h4-5,13,15-17H,1-3,6-12,14H2,(H,25,26). The van der Waals surface area contributed by atoms with Gasteiger partial charge in [0.05, 0.1) is 23.0 Å². The summed E-state index contributed by atoms with van der Waals surface area (Å²) in [5, 5.41) is 4.25. The maximum atomic E-state index is 13.1. The zero-order valence-corrected chi connectivity index (χ0v) is 18.3. The van der Waals surface area contributed by atoms with Crippen LogP contribution in [0.25, 0.3) is 11.0 Å². The summed E-state index contributed by atoms with van der Waals surface area (Å²) in [5.74, 6) is 2.73. The topological polar surface area (TPSA) is 97.1 Å². The molecule has 1 N–H and O–H groups in total. The molecule has 0 bridgehead atoms. The SMILES string of the molecule is O=C(c1ccc2nc[nH]c2c1)N1CCC2(CC1)CC(Cc1noc(C3CCC3)n1)CCO2. The first kappa shape index (κ1) is 19.9. The molecule has 2 aromatic heterocycles. The number of imidazole rings is 1. The van der Waals surface area contributed by atoms with E-state index in [9.17, 15) is 4.79 Å². The van der Waals surface area contributed by atoms with Gasteiger partial charge in [0, 0.05) is 37.6 Å². The largest absolute Gasteiger partial charge is 0.375 e. The Bertz CT molecular complexity index is 1110. The van der Waals surface area contributed by atoms with E-state index in [0.29, 0.717) is 17.4 Å². The fraction of sp³-hybridized carbons (Fsp3) is 0.583. The maximum absolute atomic E-state index is 13.1. The van der Waals surface area contributed by atoms with E-state index in [1.807, 2.05) is 23.1 Å². The first-order valence-corrected chi connectivity index (χ1v) is 11.9. The number of H-pyrrole nitrogens is 1. The van der Waals surface area contributed by atoms with Crippen LogP contribution < -0.4 is 0 Å². The quantitative estimate of drug-likeness (QED) is 0.668. The van der Waals surface area contributed by atoms with Gasteiger partial charge in [-0.25, -0.2) is 4.98 Å². The Kier molecular flexibility index (Phi) is 4.97. The molecular formula is C24H29N5O3. The monoisotopic (exact) mass is 435 g/mol. The van der Waals surface area contributed by atoms with Crippen LogP contribution in [0.3, 0.4) is 0 Å². The molecule has 1 aliphatic carbocycles. The van der Waals surface area contributed by atoms with Gasteiger partial charge in [0.15, 0.2) is 5.82 Å². The van der Waals surface area contributed by atoms with Gasteiger partial charge in [-0.15, -0.1) is 0 Å². The normalized spacial score (nSPS) is 23.5. The Labute approximate surface area is 186 Å². The molecule has 8 heteroatoms. The molecule has 3 aromatic rings. The van der Waals surface area contributed by atoms with E-state index in [2.05, 4.69) is 20.1 Å². The van der Waals surface area contributed by atoms with Crippen molar-refractivity contribution in [1.82, 2.24) is 25.0 Å². The number of piperidine rings is 1. The Hall–Kier alpha value is -2.74. The number of ether oxygens (including phenoxy) is 1. The van der Waals surface area contributed by atoms with Crippen molar-refractivity contribution < 1.29 is 14.1 Å². The molecule has 1 spiro atoms. The van der Waals surface area contributed by atoms with E-state index in [0.717, 1.165) is 74.5 Å². The maximum Gasteiger partial charge on any atom is 0.253 e. The van der Waals surface area contributed by atoms with E-state index in [-0.39, 0.29) is 11.5 Å². The molecule has 3 aliphatic rings. The Balaban J connectivity index is 1.07. The summed E-state index contributed by atoms with van der Waals surface area (Å²) < 4.78 is 11.8. The minimum Gasteiger partial charge on any atom is -0.375 e. The van der Waals surface area contributed by atoms with Crippen LogP contribution in [0.1, 0.15) is 72.9 Å². The summed E-state index contributed by atoms with van der Waals surface area (Å²) in [4.78, 5) is 27.0. The third kappa shape index (κ3) is 3.70. The van der Waals surface area contributed by atoms with Gasteiger partial charge in [-0.1, -0.05) is 11.6 Å². The van der Waals surface area contributed by atoms with Crippen molar-refractivity contribution >= 4 is 16.9 Å². The number of nitrogens with zero attached hydrogens (tertiary/aromatic N) is 4. The third-order valence-electron chi connectivity index (χ3n) is 7.63. The summed E-state index contributed by atoms with van der Waals surface area (Å²) in [7, 11) is 0. The second kappa shape index (κ2) is 7.99. The number of carbonyl (C=O) groups is 1. The number of hydrogen-bond acceptors (Lipinski definition) is 6. The van der Waals surface area contributed by atoms with Gasteiger partial charge in [0.1, 0.15) is 0 Å². The lowest BCUT2D eigenvalue weighted by Crippen LogP contribution is -2.51. The number of aromatic nitrogens is 4. The Morgan fingerprint density at radius 3 is 2.91 bits per heavy atom. The molecule has 32 heavy (non-hydrogen) atoms. The van der Waals surface area contributed by atoms with Crippen molar-refractivity contribution in [3.8, 4) is 0 Å². The number of aromatic amines is 1. The molecule has 3 fully saturated rings. The molecule has 1 aromatic carbocycles. The van der Waals surface area contributed by atoms with E-state index in [1.54, 1.807) is 6.33 Å². The molecule has 0 radical (unpaired) electrons. The minimum atomic E-state index is -0.131. The van der Waals surface area contributed by atoms with Crippen LogP contribution in [-0.2, 0) is 11.2 Å². The number of carbonyl (C=O) groups excluding carboxylic acids is 1. The summed E-state index contributed by atoms with van der Waals surface area (Å²) in [6.07, 6.45) is 9.91. The average Bonchev–Trinajstić information content (AvgIpc) is 3.42. The van der Waals surface area contributed by atoms with Gasteiger partial charge in [-0.3, -0.25) is 4.79 Å². The molecule has 1 amide bonds. The van der Waals surface area contributed by atoms with Crippen molar-refractivity contribution in [3.63, 3.8) is 0 Å². The van der Waals surface area contributed by atoms with Crippen molar-refractivity contribution in [2.24, 2.45) is 5.92 Å². The van der Waals surface area contributed by atoms with Gasteiger partial charge in [0.2, 0.25) is 5.89 Å². The number of nitrogens with one attached hydrogen (secondary N) is 1. The van der Waals surface area contributed by atoms with Crippen LogP contribution >= 0.6 is 0 Å². The molecule has 1 unspecified atom stereocenters. The third-order valence-corrected chi connectivity index (χ3v) is 7.63.